The van der Waals surface area contributed by atoms with Crippen molar-refractivity contribution in [2.24, 2.45) is 0 Å². The Labute approximate surface area is 174 Å². The maximum Gasteiger partial charge on any atom is 0.573 e. The third-order valence-electron chi connectivity index (χ3n) is 4.25. The van der Waals surface area contributed by atoms with Crippen molar-refractivity contribution in [3.63, 3.8) is 0 Å². The molecule has 1 atom stereocenters. The summed E-state index contributed by atoms with van der Waals surface area (Å²) in [6.07, 6.45) is -4.34. The number of fused-ring (bicyclic) bond motifs is 1. The second kappa shape index (κ2) is 7.86. The second-order valence-electron chi connectivity index (χ2n) is 6.46. The van der Waals surface area contributed by atoms with Gasteiger partial charge in [0.05, 0.1) is 10.9 Å². The SMILES string of the molecule is Oc1cc(C(S)c2cccc(OC(F)(F)F)c2)nc2nc(Cc3ccccc3)nn12. The zero-order valence-corrected chi connectivity index (χ0v) is 16.2. The zero-order valence-electron chi connectivity index (χ0n) is 15.3. The van der Waals surface area contributed by atoms with E-state index in [1.807, 2.05) is 30.3 Å². The van der Waals surface area contributed by atoms with Crippen molar-refractivity contribution in [3.8, 4) is 11.6 Å². The normalized spacial score (nSPS) is 12.8. The Morgan fingerprint density at radius 1 is 1.03 bits per heavy atom. The maximum atomic E-state index is 12.5. The van der Waals surface area contributed by atoms with Crippen LogP contribution < -0.4 is 4.74 Å². The van der Waals surface area contributed by atoms with Crippen molar-refractivity contribution in [1.29, 1.82) is 0 Å². The molecule has 1 N–H and O–H groups in total. The topological polar surface area (TPSA) is 72.5 Å². The summed E-state index contributed by atoms with van der Waals surface area (Å²) in [6.45, 7) is 0. The molecule has 0 aliphatic carbocycles. The predicted octanol–water partition coefficient (Wildman–Crippen LogP) is 4.34. The molecule has 4 rings (SSSR count). The number of aromatic hydroxyl groups is 1. The van der Waals surface area contributed by atoms with Gasteiger partial charge in [-0.25, -0.2) is 4.98 Å². The molecule has 0 spiro atoms. The van der Waals surface area contributed by atoms with Gasteiger partial charge in [0, 0.05) is 12.5 Å². The molecule has 0 amide bonds. The van der Waals surface area contributed by atoms with Crippen molar-refractivity contribution in [3.05, 3.63) is 83.3 Å². The van der Waals surface area contributed by atoms with Crippen LogP contribution in [0.15, 0.2) is 60.7 Å². The first-order valence-electron chi connectivity index (χ1n) is 8.82. The number of nitrogens with zero attached hydrogens (tertiary/aromatic N) is 4. The van der Waals surface area contributed by atoms with Crippen molar-refractivity contribution in [2.75, 3.05) is 0 Å². The summed E-state index contributed by atoms with van der Waals surface area (Å²) in [4.78, 5) is 8.71. The molecular weight excluding hydrogens is 417 g/mol. The molecule has 10 heteroatoms. The van der Waals surface area contributed by atoms with Crippen molar-refractivity contribution < 1.29 is 23.0 Å². The number of benzene rings is 2. The first-order valence-corrected chi connectivity index (χ1v) is 9.33. The second-order valence-corrected chi connectivity index (χ2v) is 6.98. The lowest BCUT2D eigenvalue weighted by molar-refractivity contribution is -0.274. The van der Waals surface area contributed by atoms with E-state index in [0.29, 0.717) is 23.5 Å². The monoisotopic (exact) mass is 432 g/mol. The Morgan fingerprint density at radius 2 is 1.80 bits per heavy atom. The lowest BCUT2D eigenvalue weighted by Gasteiger charge is -2.14. The van der Waals surface area contributed by atoms with Gasteiger partial charge < -0.3 is 9.84 Å². The standard InChI is InChI=1S/C20H15F3N4O2S/c21-20(22,23)29-14-8-4-7-13(10-14)18(30)15-11-17(28)27-19(24-15)25-16(26-27)9-12-5-2-1-3-6-12/h1-8,10-11,18,28,30H,9H2. The van der Waals surface area contributed by atoms with Gasteiger partial charge in [0.1, 0.15) is 5.75 Å². The fourth-order valence-corrected chi connectivity index (χ4v) is 3.25. The van der Waals surface area contributed by atoms with Crippen LogP contribution in [-0.2, 0) is 6.42 Å². The average Bonchev–Trinajstić information content (AvgIpc) is 3.10. The van der Waals surface area contributed by atoms with E-state index >= 15 is 0 Å². The van der Waals surface area contributed by atoms with E-state index in [9.17, 15) is 18.3 Å². The van der Waals surface area contributed by atoms with E-state index in [1.165, 1.54) is 28.8 Å². The molecule has 2 aromatic carbocycles. The van der Waals surface area contributed by atoms with Gasteiger partial charge in [-0.15, -0.1) is 18.3 Å². The third-order valence-corrected chi connectivity index (χ3v) is 4.81. The fourth-order valence-electron chi connectivity index (χ4n) is 2.96. The Morgan fingerprint density at radius 3 is 2.53 bits per heavy atom. The highest BCUT2D eigenvalue weighted by atomic mass is 32.1. The lowest BCUT2D eigenvalue weighted by Crippen LogP contribution is -2.17. The van der Waals surface area contributed by atoms with E-state index in [0.717, 1.165) is 5.56 Å². The van der Waals surface area contributed by atoms with Crippen LogP contribution in [0.5, 0.6) is 11.6 Å². The highest BCUT2D eigenvalue weighted by Crippen LogP contribution is 2.32. The van der Waals surface area contributed by atoms with E-state index in [2.05, 4.69) is 32.4 Å². The molecule has 0 saturated carbocycles. The molecule has 154 valence electrons. The van der Waals surface area contributed by atoms with E-state index in [-0.39, 0.29) is 17.4 Å². The molecule has 0 aliphatic rings. The van der Waals surface area contributed by atoms with Gasteiger partial charge in [-0.2, -0.15) is 22.1 Å². The Hall–Kier alpha value is -3.27. The highest BCUT2D eigenvalue weighted by Gasteiger charge is 2.31. The summed E-state index contributed by atoms with van der Waals surface area (Å²) in [7, 11) is 0. The smallest absolute Gasteiger partial charge is 0.493 e. The van der Waals surface area contributed by atoms with Gasteiger partial charge in [-0.05, 0) is 23.3 Å². The van der Waals surface area contributed by atoms with E-state index in [1.54, 1.807) is 6.07 Å². The van der Waals surface area contributed by atoms with Crippen molar-refractivity contribution in [2.45, 2.75) is 18.0 Å². The van der Waals surface area contributed by atoms with Crippen molar-refractivity contribution in [1.82, 2.24) is 19.6 Å². The third kappa shape index (κ3) is 4.48. The molecule has 1 unspecified atom stereocenters. The van der Waals surface area contributed by atoms with Crippen LogP contribution in [0, 0.1) is 0 Å². The zero-order chi connectivity index (χ0) is 21.3. The molecular formula is C20H15F3N4O2S. The summed E-state index contributed by atoms with van der Waals surface area (Å²) in [5.41, 5.74) is 1.73. The summed E-state index contributed by atoms with van der Waals surface area (Å²) in [5.74, 6) is 0.0654. The quantitative estimate of drug-likeness (QED) is 0.459. The number of ether oxygens (including phenoxy) is 1. The van der Waals surface area contributed by atoms with Gasteiger partial charge in [0.2, 0.25) is 5.88 Å². The van der Waals surface area contributed by atoms with E-state index in [4.69, 9.17) is 0 Å². The molecule has 2 heterocycles. The number of halogens is 3. The minimum absolute atomic E-state index is 0.165. The maximum absolute atomic E-state index is 12.5. The predicted molar refractivity (Wildman–Crippen MR) is 106 cm³/mol. The van der Waals surface area contributed by atoms with Crippen LogP contribution in [-0.4, -0.2) is 31.1 Å². The molecule has 0 radical (unpaired) electrons. The van der Waals surface area contributed by atoms with Crippen LogP contribution >= 0.6 is 12.6 Å². The highest BCUT2D eigenvalue weighted by molar-refractivity contribution is 7.80. The van der Waals surface area contributed by atoms with Crippen molar-refractivity contribution >= 4 is 18.4 Å². The van der Waals surface area contributed by atoms with E-state index < -0.39 is 11.6 Å². The van der Waals surface area contributed by atoms with Gasteiger partial charge >= 0.3 is 6.36 Å². The summed E-state index contributed by atoms with van der Waals surface area (Å²) in [5, 5.41) is 13.9. The molecule has 6 nitrogen and oxygen atoms in total. The number of hydrogen-bond donors (Lipinski definition) is 2. The Balaban J connectivity index is 1.63. The van der Waals surface area contributed by atoms with Crippen LogP contribution in [0.2, 0.25) is 0 Å². The fraction of sp³-hybridized carbons (Fsp3) is 0.150. The number of thiol groups is 1. The summed E-state index contributed by atoms with van der Waals surface area (Å²) >= 11 is 4.46. The van der Waals surface area contributed by atoms with Gasteiger partial charge in [0.15, 0.2) is 5.82 Å². The van der Waals surface area contributed by atoms with Crippen LogP contribution in [0.25, 0.3) is 5.78 Å². The molecule has 2 aromatic heterocycles. The summed E-state index contributed by atoms with van der Waals surface area (Å²) < 4.78 is 42.6. The molecule has 0 bridgehead atoms. The van der Waals surface area contributed by atoms with Gasteiger partial charge in [0.25, 0.3) is 5.78 Å². The number of aromatic nitrogens is 4. The first kappa shape index (κ1) is 20.0. The van der Waals surface area contributed by atoms with Gasteiger partial charge in [-0.3, -0.25) is 0 Å². The summed E-state index contributed by atoms with van der Waals surface area (Å²) in [6, 6.07) is 16.4. The minimum Gasteiger partial charge on any atom is -0.493 e. The van der Waals surface area contributed by atoms with Crippen LogP contribution in [0.4, 0.5) is 13.2 Å². The van der Waals surface area contributed by atoms with Crippen LogP contribution in [0.3, 0.4) is 0 Å². The minimum atomic E-state index is -4.79. The molecule has 30 heavy (non-hydrogen) atoms. The Kier molecular flexibility index (Phi) is 5.25. The lowest BCUT2D eigenvalue weighted by atomic mass is 10.1. The number of rotatable bonds is 5. The van der Waals surface area contributed by atoms with Gasteiger partial charge in [-0.1, -0.05) is 42.5 Å². The molecule has 0 saturated heterocycles. The number of alkyl halides is 3. The van der Waals surface area contributed by atoms with Crippen LogP contribution in [0.1, 0.15) is 27.9 Å². The largest absolute Gasteiger partial charge is 0.573 e. The number of hydrogen-bond acceptors (Lipinski definition) is 6. The molecule has 4 aromatic rings. The average molecular weight is 432 g/mol. The molecule has 0 aliphatic heterocycles. The Bertz CT molecular complexity index is 1180. The first-order chi connectivity index (χ1) is 14.3. The molecule has 0 fully saturated rings.